The summed E-state index contributed by atoms with van der Waals surface area (Å²) in [4.78, 5) is 39.1. The molecule has 3 amide bonds. The molecule has 1 N–H and O–H groups in total. The SMILES string of the molecule is O=C(CCN1C(=O)C2C3C=CC(C3)C2C1=O)Nc1cccc2ccccc12. The summed E-state index contributed by atoms with van der Waals surface area (Å²) in [7, 11) is 0. The first-order valence-corrected chi connectivity index (χ1v) is 9.44. The van der Waals surface area contributed by atoms with Crippen molar-refractivity contribution in [2.75, 3.05) is 11.9 Å². The van der Waals surface area contributed by atoms with Gasteiger partial charge in [-0.05, 0) is 29.7 Å². The van der Waals surface area contributed by atoms with Crippen LogP contribution in [0.5, 0.6) is 0 Å². The third-order valence-corrected chi connectivity index (χ3v) is 6.19. The van der Waals surface area contributed by atoms with Crippen molar-refractivity contribution in [2.24, 2.45) is 23.7 Å². The van der Waals surface area contributed by atoms with Crippen molar-refractivity contribution in [2.45, 2.75) is 12.8 Å². The van der Waals surface area contributed by atoms with E-state index in [1.54, 1.807) is 0 Å². The van der Waals surface area contributed by atoms with Crippen LogP contribution in [0, 0.1) is 23.7 Å². The van der Waals surface area contributed by atoms with Crippen molar-refractivity contribution in [3.8, 4) is 0 Å². The molecule has 5 nitrogen and oxygen atoms in total. The second kappa shape index (κ2) is 6.05. The average Bonchev–Trinajstić information content (AvgIpc) is 3.35. The highest BCUT2D eigenvalue weighted by atomic mass is 16.2. The van der Waals surface area contributed by atoms with Gasteiger partial charge in [0.15, 0.2) is 0 Å². The zero-order valence-electron chi connectivity index (χ0n) is 14.8. The number of benzene rings is 2. The number of allylic oxidation sites excluding steroid dienone is 2. The Morgan fingerprint density at radius 3 is 2.37 bits per heavy atom. The number of nitrogens with zero attached hydrogens (tertiary/aromatic N) is 1. The van der Waals surface area contributed by atoms with Gasteiger partial charge >= 0.3 is 0 Å². The van der Waals surface area contributed by atoms with Crippen LogP contribution in [0.25, 0.3) is 10.8 Å². The van der Waals surface area contributed by atoms with Crippen molar-refractivity contribution in [1.29, 1.82) is 0 Å². The van der Waals surface area contributed by atoms with Crippen LogP contribution in [0.2, 0.25) is 0 Å². The van der Waals surface area contributed by atoms with E-state index in [4.69, 9.17) is 0 Å². The van der Waals surface area contributed by atoms with Gasteiger partial charge in [-0.2, -0.15) is 0 Å². The maximum Gasteiger partial charge on any atom is 0.233 e. The first-order chi connectivity index (χ1) is 13.1. The number of likely N-dealkylation sites (tertiary alicyclic amines) is 1. The molecule has 5 rings (SSSR count). The quantitative estimate of drug-likeness (QED) is 0.673. The summed E-state index contributed by atoms with van der Waals surface area (Å²) in [6.07, 6.45) is 5.19. The number of rotatable bonds is 4. The number of fused-ring (bicyclic) bond motifs is 6. The highest BCUT2D eigenvalue weighted by molar-refractivity contribution is 6.07. The molecular weight excluding hydrogens is 340 g/mol. The number of carbonyl (C=O) groups excluding carboxylic acids is 3. The summed E-state index contributed by atoms with van der Waals surface area (Å²) in [5.41, 5.74) is 0.747. The third-order valence-electron chi connectivity index (χ3n) is 6.19. The van der Waals surface area contributed by atoms with Crippen LogP contribution < -0.4 is 5.32 Å². The lowest BCUT2D eigenvalue weighted by molar-refractivity contribution is -0.140. The minimum absolute atomic E-state index is 0.0974. The van der Waals surface area contributed by atoms with Gasteiger partial charge in [-0.1, -0.05) is 48.6 Å². The van der Waals surface area contributed by atoms with Gasteiger partial charge in [-0.25, -0.2) is 0 Å². The van der Waals surface area contributed by atoms with Crippen LogP contribution >= 0.6 is 0 Å². The number of carbonyl (C=O) groups is 3. The minimum Gasteiger partial charge on any atom is -0.325 e. The van der Waals surface area contributed by atoms with Gasteiger partial charge < -0.3 is 5.32 Å². The number of nitrogens with one attached hydrogen (secondary N) is 1. The summed E-state index contributed by atoms with van der Waals surface area (Å²) >= 11 is 0. The van der Waals surface area contributed by atoms with Gasteiger partial charge in [0.25, 0.3) is 0 Å². The van der Waals surface area contributed by atoms with E-state index in [1.165, 1.54) is 4.90 Å². The zero-order valence-corrected chi connectivity index (χ0v) is 14.8. The van der Waals surface area contributed by atoms with Crippen molar-refractivity contribution >= 4 is 34.2 Å². The molecule has 1 saturated heterocycles. The molecular formula is C22H20N2O3. The number of imide groups is 1. The second-order valence-corrected chi connectivity index (χ2v) is 7.65. The first kappa shape index (κ1) is 16.2. The highest BCUT2D eigenvalue weighted by Gasteiger charge is 2.58. The fourth-order valence-corrected chi connectivity index (χ4v) is 4.94. The van der Waals surface area contributed by atoms with E-state index >= 15 is 0 Å². The number of hydrogen-bond acceptors (Lipinski definition) is 3. The third kappa shape index (κ3) is 2.49. The standard InChI is InChI=1S/C22H20N2O3/c25-18(23-17-7-3-5-13-4-1-2-6-16(13)17)10-11-24-21(26)19-14-8-9-15(12-14)20(19)22(24)27/h1-9,14-15,19-20H,10-12H2,(H,23,25). The monoisotopic (exact) mass is 360 g/mol. The van der Waals surface area contributed by atoms with Crippen molar-refractivity contribution in [3.05, 3.63) is 54.6 Å². The molecule has 27 heavy (non-hydrogen) atoms. The summed E-state index contributed by atoms with van der Waals surface area (Å²) in [6.45, 7) is 0.153. The smallest absolute Gasteiger partial charge is 0.233 e. The van der Waals surface area contributed by atoms with Crippen LogP contribution in [0.3, 0.4) is 0 Å². The van der Waals surface area contributed by atoms with E-state index in [0.29, 0.717) is 0 Å². The molecule has 2 aromatic carbocycles. The van der Waals surface area contributed by atoms with Crippen LogP contribution in [-0.2, 0) is 14.4 Å². The molecule has 2 aliphatic carbocycles. The van der Waals surface area contributed by atoms with Gasteiger partial charge in [0.05, 0.1) is 11.8 Å². The Labute approximate surface area is 157 Å². The molecule has 1 heterocycles. The Balaban J connectivity index is 1.26. The molecule has 0 radical (unpaired) electrons. The van der Waals surface area contributed by atoms with E-state index in [-0.39, 0.29) is 54.4 Å². The Morgan fingerprint density at radius 1 is 0.963 bits per heavy atom. The van der Waals surface area contributed by atoms with Crippen molar-refractivity contribution in [1.82, 2.24) is 4.90 Å². The summed E-state index contributed by atoms with van der Waals surface area (Å²) in [5, 5.41) is 4.94. The summed E-state index contributed by atoms with van der Waals surface area (Å²) in [6, 6.07) is 13.6. The molecule has 1 aliphatic heterocycles. The van der Waals surface area contributed by atoms with Gasteiger partial charge in [-0.15, -0.1) is 0 Å². The fraction of sp³-hybridized carbons (Fsp3) is 0.318. The molecule has 1 saturated carbocycles. The molecule has 136 valence electrons. The molecule has 3 aliphatic rings. The molecule has 0 aromatic heterocycles. The molecule has 2 aromatic rings. The van der Waals surface area contributed by atoms with Gasteiger partial charge in [0, 0.05) is 24.0 Å². The van der Waals surface area contributed by atoms with E-state index in [2.05, 4.69) is 17.5 Å². The van der Waals surface area contributed by atoms with E-state index in [1.807, 2.05) is 42.5 Å². The topological polar surface area (TPSA) is 66.5 Å². The maximum absolute atomic E-state index is 12.7. The predicted octanol–water partition coefficient (Wildman–Crippen LogP) is 2.98. The average molecular weight is 360 g/mol. The van der Waals surface area contributed by atoms with E-state index in [9.17, 15) is 14.4 Å². The van der Waals surface area contributed by atoms with Crippen LogP contribution in [0.4, 0.5) is 5.69 Å². The lowest BCUT2D eigenvalue weighted by Gasteiger charge is -2.17. The number of amides is 3. The van der Waals surface area contributed by atoms with Gasteiger partial charge in [-0.3, -0.25) is 19.3 Å². The van der Waals surface area contributed by atoms with Crippen LogP contribution in [-0.4, -0.2) is 29.2 Å². The zero-order chi connectivity index (χ0) is 18.5. The lowest BCUT2D eigenvalue weighted by Crippen LogP contribution is -2.35. The number of hydrogen-bond donors (Lipinski definition) is 1. The van der Waals surface area contributed by atoms with Crippen LogP contribution in [0.1, 0.15) is 12.8 Å². The Bertz CT molecular complexity index is 961. The second-order valence-electron chi connectivity index (χ2n) is 7.65. The molecule has 2 fully saturated rings. The maximum atomic E-state index is 12.7. The molecule has 0 spiro atoms. The van der Waals surface area contributed by atoms with Crippen LogP contribution in [0.15, 0.2) is 54.6 Å². The highest BCUT2D eigenvalue weighted by Crippen LogP contribution is 2.52. The predicted molar refractivity (Wildman–Crippen MR) is 102 cm³/mol. The summed E-state index contributed by atoms with van der Waals surface area (Å²) in [5.74, 6) is -0.385. The summed E-state index contributed by atoms with van der Waals surface area (Å²) < 4.78 is 0. The van der Waals surface area contributed by atoms with E-state index < -0.39 is 0 Å². The molecule has 4 atom stereocenters. The van der Waals surface area contributed by atoms with Gasteiger partial charge in [0.2, 0.25) is 17.7 Å². The fourth-order valence-electron chi connectivity index (χ4n) is 4.94. The minimum atomic E-state index is -0.200. The van der Waals surface area contributed by atoms with Crippen molar-refractivity contribution < 1.29 is 14.4 Å². The Kier molecular flexibility index (Phi) is 3.64. The Hall–Kier alpha value is -2.95. The Morgan fingerprint density at radius 2 is 1.63 bits per heavy atom. The molecule has 4 unspecified atom stereocenters. The van der Waals surface area contributed by atoms with E-state index in [0.717, 1.165) is 22.9 Å². The van der Waals surface area contributed by atoms with Crippen molar-refractivity contribution in [3.63, 3.8) is 0 Å². The lowest BCUT2D eigenvalue weighted by atomic mass is 9.85. The normalized spacial score (nSPS) is 28.2. The largest absolute Gasteiger partial charge is 0.325 e. The molecule has 5 heteroatoms. The first-order valence-electron chi connectivity index (χ1n) is 9.44. The number of anilines is 1. The van der Waals surface area contributed by atoms with Gasteiger partial charge in [0.1, 0.15) is 0 Å². The molecule has 2 bridgehead atoms.